The van der Waals surface area contributed by atoms with Gasteiger partial charge < -0.3 is 0 Å². The van der Waals surface area contributed by atoms with E-state index in [-0.39, 0.29) is 5.38 Å². The van der Waals surface area contributed by atoms with Crippen LogP contribution in [0.3, 0.4) is 0 Å². The van der Waals surface area contributed by atoms with Crippen molar-refractivity contribution in [2.75, 3.05) is 0 Å². The summed E-state index contributed by atoms with van der Waals surface area (Å²) in [6, 6.07) is 14.5. The molecule has 1 atom stereocenters. The second-order valence-corrected chi connectivity index (χ2v) is 9.36. The van der Waals surface area contributed by atoms with E-state index in [1.165, 1.54) is 10.8 Å². The molecule has 102 valence electrons. The predicted octanol–water partition coefficient (Wildman–Crippen LogP) is 7.52. The normalized spacial score (nSPS) is 12.8. The monoisotopic (exact) mass is 492 g/mol. The number of rotatable bonds is 2. The zero-order valence-corrected chi connectivity index (χ0v) is 16.4. The van der Waals surface area contributed by atoms with E-state index in [1.54, 1.807) is 11.3 Å². The Labute approximate surface area is 151 Å². The van der Waals surface area contributed by atoms with Gasteiger partial charge in [0.05, 0.1) is 12.9 Å². The van der Waals surface area contributed by atoms with E-state index < -0.39 is 0 Å². The van der Waals surface area contributed by atoms with E-state index in [4.69, 9.17) is 11.6 Å². The molecule has 1 heterocycles. The molecule has 0 fully saturated rings. The Balaban J connectivity index is 2.20. The molecule has 0 saturated carbocycles. The third kappa shape index (κ3) is 2.73. The quantitative estimate of drug-likeness (QED) is 0.323. The van der Waals surface area contributed by atoms with Crippen molar-refractivity contribution < 1.29 is 0 Å². The van der Waals surface area contributed by atoms with Crippen LogP contribution < -0.4 is 0 Å². The van der Waals surface area contributed by atoms with E-state index in [0.717, 1.165) is 23.2 Å². The van der Waals surface area contributed by atoms with E-state index in [2.05, 4.69) is 78.1 Å². The van der Waals surface area contributed by atoms with Crippen molar-refractivity contribution in [2.45, 2.75) is 5.38 Å². The molecule has 0 bridgehead atoms. The Morgan fingerprint density at radius 2 is 1.60 bits per heavy atom. The highest BCUT2D eigenvalue weighted by Crippen LogP contribution is 2.43. The molecule has 0 nitrogen and oxygen atoms in total. The van der Waals surface area contributed by atoms with Crippen LogP contribution in [0.2, 0.25) is 0 Å². The molecule has 0 saturated heterocycles. The molecule has 0 amide bonds. The molecule has 3 aromatic rings. The molecule has 0 aliphatic carbocycles. The maximum absolute atomic E-state index is 6.72. The summed E-state index contributed by atoms with van der Waals surface area (Å²) in [5, 5.41) is 2.18. The molecular formula is C15H8Br3ClS. The second-order valence-electron chi connectivity index (χ2n) is 4.32. The van der Waals surface area contributed by atoms with Crippen LogP contribution in [0.5, 0.6) is 0 Å². The molecule has 2 aromatic carbocycles. The van der Waals surface area contributed by atoms with Gasteiger partial charge in [-0.25, -0.2) is 0 Å². The van der Waals surface area contributed by atoms with E-state index in [0.29, 0.717) is 0 Å². The molecule has 0 spiro atoms. The highest BCUT2D eigenvalue weighted by molar-refractivity contribution is 9.12. The van der Waals surface area contributed by atoms with Gasteiger partial charge in [-0.05, 0) is 60.3 Å². The van der Waals surface area contributed by atoms with Crippen molar-refractivity contribution in [2.24, 2.45) is 0 Å². The number of halogens is 4. The molecule has 1 unspecified atom stereocenters. The van der Waals surface area contributed by atoms with Gasteiger partial charge in [0, 0.05) is 10.0 Å². The topological polar surface area (TPSA) is 0 Å². The lowest BCUT2D eigenvalue weighted by atomic mass is 9.99. The third-order valence-electron chi connectivity index (χ3n) is 3.13. The summed E-state index contributed by atoms with van der Waals surface area (Å²) in [6.45, 7) is 0. The lowest BCUT2D eigenvalue weighted by Gasteiger charge is -2.13. The molecule has 0 aliphatic heterocycles. The maximum atomic E-state index is 6.72. The zero-order chi connectivity index (χ0) is 14.3. The van der Waals surface area contributed by atoms with Crippen LogP contribution in [0.15, 0.2) is 54.5 Å². The summed E-state index contributed by atoms with van der Waals surface area (Å²) in [7, 11) is 0. The summed E-state index contributed by atoms with van der Waals surface area (Å²) in [6.07, 6.45) is 0. The predicted molar refractivity (Wildman–Crippen MR) is 99.1 cm³/mol. The fraction of sp³-hybridized carbons (Fsp3) is 0.0667. The Kier molecular flexibility index (Phi) is 4.58. The van der Waals surface area contributed by atoms with Crippen LogP contribution in [0.4, 0.5) is 0 Å². The van der Waals surface area contributed by atoms with Crippen molar-refractivity contribution >= 4 is 81.5 Å². The first-order valence-electron chi connectivity index (χ1n) is 5.84. The lowest BCUT2D eigenvalue weighted by Crippen LogP contribution is -1.94. The number of fused-ring (bicyclic) bond motifs is 1. The van der Waals surface area contributed by atoms with E-state index in [1.807, 2.05) is 12.1 Å². The van der Waals surface area contributed by atoms with Crippen LogP contribution in [0.25, 0.3) is 10.8 Å². The Hall–Kier alpha value is 0.130. The SMILES string of the molecule is ClC(c1cc(Br)sc1Br)c1ccc(Br)c2ccccc12. The van der Waals surface area contributed by atoms with Gasteiger partial charge in [0.15, 0.2) is 0 Å². The van der Waals surface area contributed by atoms with Crippen LogP contribution >= 0.6 is 70.7 Å². The highest BCUT2D eigenvalue weighted by atomic mass is 79.9. The highest BCUT2D eigenvalue weighted by Gasteiger charge is 2.19. The van der Waals surface area contributed by atoms with Gasteiger partial charge in [0.25, 0.3) is 0 Å². The van der Waals surface area contributed by atoms with Crippen LogP contribution in [0.1, 0.15) is 16.5 Å². The zero-order valence-electron chi connectivity index (χ0n) is 10.0. The molecule has 0 radical (unpaired) electrons. The van der Waals surface area contributed by atoms with Crippen molar-refractivity contribution in [3.63, 3.8) is 0 Å². The summed E-state index contributed by atoms with van der Waals surface area (Å²) >= 11 is 19.1. The number of alkyl halides is 1. The largest absolute Gasteiger partial charge is 0.121 e. The second kappa shape index (κ2) is 6.09. The Morgan fingerprint density at radius 3 is 2.25 bits per heavy atom. The number of hydrogen-bond acceptors (Lipinski definition) is 1. The van der Waals surface area contributed by atoms with E-state index >= 15 is 0 Å². The fourth-order valence-corrected chi connectivity index (χ4v) is 6.14. The van der Waals surface area contributed by atoms with Gasteiger partial charge in [0.2, 0.25) is 0 Å². The summed E-state index contributed by atoms with van der Waals surface area (Å²) in [4.78, 5) is 0. The Bertz CT molecular complexity index is 782. The van der Waals surface area contributed by atoms with Crippen molar-refractivity contribution in [3.05, 3.63) is 65.6 Å². The van der Waals surface area contributed by atoms with Gasteiger partial charge in [0.1, 0.15) is 0 Å². The standard InChI is InChI=1S/C15H8Br3ClS/c16-12-6-5-10(8-3-1-2-4-9(8)12)14(19)11-7-13(17)20-15(11)18/h1-7,14H. The smallest absolute Gasteiger partial charge is 0.0860 e. The molecule has 0 N–H and O–H groups in total. The minimum Gasteiger partial charge on any atom is -0.121 e. The minimum atomic E-state index is -0.176. The van der Waals surface area contributed by atoms with Gasteiger partial charge in [-0.1, -0.05) is 46.3 Å². The average molecular weight is 495 g/mol. The molecular weight excluding hydrogens is 487 g/mol. The number of benzene rings is 2. The summed E-state index contributed by atoms with van der Waals surface area (Å²) in [5.74, 6) is 0. The van der Waals surface area contributed by atoms with Gasteiger partial charge in [-0.2, -0.15) is 0 Å². The summed E-state index contributed by atoms with van der Waals surface area (Å²) < 4.78 is 3.23. The fourth-order valence-electron chi connectivity index (χ4n) is 2.20. The Morgan fingerprint density at radius 1 is 0.900 bits per heavy atom. The van der Waals surface area contributed by atoms with Crippen molar-refractivity contribution in [1.82, 2.24) is 0 Å². The summed E-state index contributed by atoms with van der Waals surface area (Å²) in [5.41, 5.74) is 2.22. The number of hydrogen-bond donors (Lipinski definition) is 0. The first kappa shape index (κ1) is 15.0. The number of thiophene rings is 1. The van der Waals surface area contributed by atoms with Crippen LogP contribution in [-0.2, 0) is 0 Å². The van der Waals surface area contributed by atoms with E-state index in [9.17, 15) is 0 Å². The third-order valence-corrected chi connectivity index (χ3v) is 6.68. The van der Waals surface area contributed by atoms with Gasteiger partial charge in [-0.15, -0.1) is 22.9 Å². The maximum Gasteiger partial charge on any atom is 0.0860 e. The van der Waals surface area contributed by atoms with Crippen molar-refractivity contribution in [1.29, 1.82) is 0 Å². The first-order chi connectivity index (χ1) is 9.58. The molecule has 0 aliphatic rings. The van der Waals surface area contributed by atoms with Crippen molar-refractivity contribution in [3.8, 4) is 0 Å². The average Bonchev–Trinajstić information content (AvgIpc) is 2.78. The van der Waals surface area contributed by atoms with Crippen LogP contribution in [0, 0.1) is 0 Å². The lowest BCUT2D eigenvalue weighted by molar-refractivity contribution is 1.16. The molecule has 20 heavy (non-hydrogen) atoms. The van der Waals surface area contributed by atoms with Gasteiger partial charge >= 0.3 is 0 Å². The van der Waals surface area contributed by atoms with Crippen LogP contribution in [-0.4, -0.2) is 0 Å². The van der Waals surface area contributed by atoms with Gasteiger partial charge in [-0.3, -0.25) is 0 Å². The molecule has 3 rings (SSSR count). The minimum absolute atomic E-state index is 0.176. The molecule has 5 heteroatoms. The molecule has 1 aromatic heterocycles. The first-order valence-corrected chi connectivity index (χ1v) is 9.47.